The first-order valence-electron chi connectivity index (χ1n) is 3.85. The van der Waals surface area contributed by atoms with E-state index in [2.05, 4.69) is 6.58 Å². The van der Waals surface area contributed by atoms with E-state index >= 15 is 0 Å². The third-order valence-electron chi connectivity index (χ3n) is 1.61. The predicted octanol–water partition coefficient (Wildman–Crippen LogP) is 2.98. The van der Waals surface area contributed by atoms with E-state index in [9.17, 15) is 0 Å². The minimum Gasteiger partial charge on any atom is -0.508 e. The zero-order chi connectivity index (χ0) is 8.97. The summed E-state index contributed by atoms with van der Waals surface area (Å²) in [5, 5.41) is 9.02. The van der Waals surface area contributed by atoms with Crippen LogP contribution in [0.4, 0.5) is 0 Å². The summed E-state index contributed by atoms with van der Waals surface area (Å²) in [5.41, 5.74) is 1.99. The molecule has 1 aromatic carbocycles. The fourth-order valence-corrected chi connectivity index (χ4v) is 0.973. The number of rotatable bonds is 2. The molecule has 1 N–H and O–H groups in total. The Labute approximate surface area is 72.7 Å². The SMILES string of the molecule is C=C(/C=C\C)c1ccc(O)cc1. The molecule has 0 unspecified atom stereocenters. The molecule has 1 rings (SSSR count). The van der Waals surface area contributed by atoms with E-state index in [1.165, 1.54) is 0 Å². The van der Waals surface area contributed by atoms with E-state index in [4.69, 9.17) is 5.11 Å². The average molecular weight is 160 g/mol. The van der Waals surface area contributed by atoms with E-state index in [0.717, 1.165) is 11.1 Å². The lowest BCUT2D eigenvalue weighted by Gasteiger charge is -1.99. The summed E-state index contributed by atoms with van der Waals surface area (Å²) >= 11 is 0. The summed E-state index contributed by atoms with van der Waals surface area (Å²) in [5.74, 6) is 0.284. The van der Waals surface area contributed by atoms with Gasteiger partial charge in [0.2, 0.25) is 0 Å². The molecule has 1 heteroatoms. The third-order valence-corrected chi connectivity index (χ3v) is 1.61. The molecule has 0 amide bonds. The van der Waals surface area contributed by atoms with Crippen LogP contribution in [0.2, 0.25) is 0 Å². The van der Waals surface area contributed by atoms with Gasteiger partial charge in [-0.05, 0) is 30.2 Å². The molecular formula is C11H12O. The van der Waals surface area contributed by atoms with E-state index < -0.39 is 0 Å². The van der Waals surface area contributed by atoms with Crippen molar-refractivity contribution in [1.29, 1.82) is 0 Å². The van der Waals surface area contributed by atoms with Crippen LogP contribution in [0, 0.1) is 0 Å². The summed E-state index contributed by atoms with van der Waals surface area (Å²) in [6.07, 6.45) is 3.88. The van der Waals surface area contributed by atoms with Gasteiger partial charge < -0.3 is 5.11 Å². The first kappa shape index (κ1) is 8.60. The van der Waals surface area contributed by atoms with Gasteiger partial charge in [0.05, 0.1) is 0 Å². The Kier molecular flexibility index (Phi) is 2.70. The van der Waals surface area contributed by atoms with Gasteiger partial charge in [-0.15, -0.1) is 0 Å². The van der Waals surface area contributed by atoms with Crippen molar-refractivity contribution in [2.45, 2.75) is 6.92 Å². The normalized spacial score (nSPS) is 10.4. The lowest BCUT2D eigenvalue weighted by molar-refractivity contribution is 0.475. The number of hydrogen-bond acceptors (Lipinski definition) is 1. The van der Waals surface area contributed by atoms with Gasteiger partial charge in [-0.25, -0.2) is 0 Å². The van der Waals surface area contributed by atoms with Gasteiger partial charge in [-0.3, -0.25) is 0 Å². The van der Waals surface area contributed by atoms with Crippen molar-refractivity contribution in [2.75, 3.05) is 0 Å². The highest BCUT2D eigenvalue weighted by Gasteiger charge is 1.93. The van der Waals surface area contributed by atoms with E-state index in [0.29, 0.717) is 0 Å². The molecule has 0 radical (unpaired) electrons. The van der Waals surface area contributed by atoms with E-state index in [1.807, 2.05) is 31.2 Å². The maximum Gasteiger partial charge on any atom is 0.115 e. The van der Waals surface area contributed by atoms with Crippen LogP contribution in [0.1, 0.15) is 12.5 Å². The van der Waals surface area contributed by atoms with Crippen LogP contribution in [0.15, 0.2) is 43.0 Å². The summed E-state index contributed by atoms with van der Waals surface area (Å²) in [4.78, 5) is 0. The molecule has 0 aliphatic rings. The zero-order valence-electron chi connectivity index (χ0n) is 7.12. The van der Waals surface area contributed by atoms with Crippen LogP contribution in [-0.4, -0.2) is 5.11 Å². The van der Waals surface area contributed by atoms with Gasteiger partial charge in [-0.2, -0.15) is 0 Å². The predicted molar refractivity (Wildman–Crippen MR) is 52.0 cm³/mol. The van der Waals surface area contributed by atoms with Gasteiger partial charge in [-0.1, -0.05) is 30.9 Å². The highest BCUT2D eigenvalue weighted by atomic mass is 16.3. The molecule has 0 fully saturated rings. The second-order valence-corrected chi connectivity index (χ2v) is 2.57. The molecule has 0 spiro atoms. The first-order valence-corrected chi connectivity index (χ1v) is 3.85. The topological polar surface area (TPSA) is 20.2 Å². The second-order valence-electron chi connectivity index (χ2n) is 2.57. The first-order chi connectivity index (χ1) is 5.74. The fraction of sp³-hybridized carbons (Fsp3) is 0.0909. The van der Waals surface area contributed by atoms with Crippen molar-refractivity contribution in [3.8, 4) is 5.75 Å². The number of phenolic OH excluding ortho intramolecular Hbond substituents is 1. The molecule has 0 aliphatic carbocycles. The molecule has 0 saturated heterocycles. The molecule has 1 aromatic rings. The quantitative estimate of drug-likeness (QED) is 0.659. The van der Waals surface area contributed by atoms with E-state index in [1.54, 1.807) is 12.1 Å². The minimum atomic E-state index is 0.284. The highest BCUT2D eigenvalue weighted by Crippen LogP contribution is 2.16. The van der Waals surface area contributed by atoms with Crippen LogP contribution in [0.3, 0.4) is 0 Å². The number of hydrogen-bond donors (Lipinski definition) is 1. The summed E-state index contributed by atoms with van der Waals surface area (Å²) in [6, 6.07) is 7.00. The molecular weight excluding hydrogens is 148 g/mol. The average Bonchev–Trinajstić information content (AvgIpc) is 2.06. The van der Waals surface area contributed by atoms with Crippen molar-refractivity contribution in [2.24, 2.45) is 0 Å². The summed E-state index contributed by atoms with van der Waals surface area (Å²) in [7, 11) is 0. The highest BCUT2D eigenvalue weighted by molar-refractivity contribution is 5.72. The van der Waals surface area contributed by atoms with Gasteiger partial charge in [0.15, 0.2) is 0 Å². The standard InChI is InChI=1S/C11H12O/c1-3-4-9(2)10-5-7-11(12)8-6-10/h3-8,12H,2H2,1H3/b4-3-. The van der Waals surface area contributed by atoms with Crippen molar-refractivity contribution >= 4 is 5.57 Å². The van der Waals surface area contributed by atoms with Crippen LogP contribution < -0.4 is 0 Å². The molecule has 0 aliphatic heterocycles. The van der Waals surface area contributed by atoms with Crippen molar-refractivity contribution in [3.63, 3.8) is 0 Å². The Bertz CT molecular complexity index is 293. The number of allylic oxidation sites excluding steroid dienone is 3. The summed E-state index contributed by atoms with van der Waals surface area (Å²) < 4.78 is 0. The number of phenols is 1. The molecule has 62 valence electrons. The monoisotopic (exact) mass is 160 g/mol. The van der Waals surface area contributed by atoms with Crippen LogP contribution in [0.25, 0.3) is 5.57 Å². The Morgan fingerprint density at radius 3 is 2.42 bits per heavy atom. The molecule has 0 saturated carbocycles. The maximum atomic E-state index is 9.02. The smallest absolute Gasteiger partial charge is 0.115 e. The van der Waals surface area contributed by atoms with Crippen LogP contribution in [0.5, 0.6) is 5.75 Å². The zero-order valence-corrected chi connectivity index (χ0v) is 7.12. The van der Waals surface area contributed by atoms with Gasteiger partial charge in [0.1, 0.15) is 5.75 Å². The van der Waals surface area contributed by atoms with Crippen LogP contribution in [-0.2, 0) is 0 Å². The molecule has 0 heterocycles. The second kappa shape index (κ2) is 3.77. The lowest BCUT2D eigenvalue weighted by Crippen LogP contribution is -1.76. The lowest BCUT2D eigenvalue weighted by atomic mass is 10.1. The Morgan fingerprint density at radius 1 is 1.33 bits per heavy atom. The van der Waals surface area contributed by atoms with Gasteiger partial charge in [0, 0.05) is 0 Å². The van der Waals surface area contributed by atoms with Gasteiger partial charge in [0.25, 0.3) is 0 Å². The molecule has 0 atom stereocenters. The largest absolute Gasteiger partial charge is 0.508 e. The van der Waals surface area contributed by atoms with Crippen molar-refractivity contribution in [3.05, 3.63) is 48.6 Å². The van der Waals surface area contributed by atoms with E-state index in [-0.39, 0.29) is 5.75 Å². The molecule has 0 aromatic heterocycles. The van der Waals surface area contributed by atoms with Crippen molar-refractivity contribution in [1.82, 2.24) is 0 Å². The molecule has 1 nitrogen and oxygen atoms in total. The summed E-state index contributed by atoms with van der Waals surface area (Å²) in [6.45, 7) is 5.83. The minimum absolute atomic E-state index is 0.284. The Morgan fingerprint density at radius 2 is 1.92 bits per heavy atom. The molecule has 12 heavy (non-hydrogen) atoms. The third kappa shape index (κ3) is 1.99. The number of aromatic hydroxyl groups is 1. The van der Waals surface area contributed by atoms with Crippen LogP contribution >= 0.6 is 0 Å². The van der Waals surface area contributed by atoms with Gasteiger partial charge >= 0.3 is 0 Å². The number of benzene rings is 1. The Hall–Kier alpha value is -1.50. The molecule has 0 bridgehead atoms. The maximum absolute atomic E-state index is 9.02. The fourth-order valence-electron chi connectivity index (χ4n) is 0.973. The van der Waals surface area contributed by atoms with Crippen molar-refractivity contribution < 1.29 is 5.11 Å². The Balaban J connectivity index is 2.90.